The van der Waals surface area contributed by atoms with Crippen molar-refractivity contribution in [2.45, 2.75) is 18.8 Å². The van der Waals surface area contributed by atoms with Crippen molar-refractivity contribution < 1.29 is 4.39 Å². The summed E-state index contributed by atoms with van der Waals surface area (Å²) in [7, 11) is 0. The van der Waals surface area contributed by atoms with Gasteiger partial charge in [0.15, 0.2) is 0 Å². The van der Waals surface area contributed by atoms with Crippen molar-refractivity contribution in [1.29, 1.82) is 0 Å². The Kier molecular flexibility index (Phi) is 1.71. The van der Waals surface area contributed by atoms with Crippen molar-refractivity contribution >= 4 is 26.8 Å². The molecule has 0 spiro atoms. The zero-order valence-electron chi connectivity index (χ0n) is 7.48. The molecule has 3 rings (SSSR count). The van der Waals surface area contributed by atoms with Crippen LogP contribution in [0.1, 0.15) is 24.5 Å². The van der Waals surface area contributed by atoms with Crippen LogP contribution < -0.4 is 0 Å². The van der Waals surface area contributed by atoms with Gasteiger partial charge < -0.3 is 4.98 Å². The molecule has 1 N–H and O–H groups in total. The average Bonchev–Trinajstić information content (AvgIpc) is 2.95. The van der Waals surface area contributed by atoms with Crippen LogP contribution in [0.5, 0.6) is 0 Å². The summed E-state index contributed by atoms with van der Waals surface area (Å²) in [6, 6.07) is 4.85. The van der Waals surface area contributed by atoms with Crippen LogP contribution in [-0.2, 0) is 0 Å². The molecule has 14 heavy (non-hydrogen) atoms. The molecule has 1 aliphatic rings. The molecule has 0 amide bonds. The second-order valence-corrected chi connectivity index (χ2v) is 4.61. The summed E-state index contributed by atoms with van der Waals surface area (Å²) < 4.78 is 14.0. The van der Waals surface area contributed by atoms with E-state index >= 15 is 0 Å². The molecule has 1 aromatic heterocycles. The summed E-state index contributed by atoms with van der Waals surface area (Å²) >= 11 is 3.53. The molecule has 0 unspecified atom stereocenters. The maximum Gasteiger partial charge on any atom is 0.123 e. The third kappa shape index (κ3) is 1.19. The van der Waals surface area contributed by atoms with Crippen LogP contribution in [0, 0.1) is 5.82 Å². The van der Waals surface area contributed by atoms with E-state index in [1.807, 2.05) is 0 Å². The number of fused-ring (bicyclic) bond motifs is 1. The zero-order valence-corrected chi connectivity index (χ0v) is 9.07. The lowest BCUT2D eigenvalue weighted by atomic mass is 10.2. The first-order chi connectivity index (χ1) is 6.75. The van der Waals surface area contributed by atoms with Gasteiger partial charge in [-0.3, -0.25) is 0 Å². The fourth-order valence-corrected chi connectivity index (χ4v) is 2.56. The Morgan fingerprint density at radius 2 is 2.14 bits per heavy atom. The van der Waals surface area contributed by atoms with E-state index in [9.17, 15) is 4.39 Å². The van der Waals surface area contributed by atoms with Gasteiger partial charge in [0.25, 0.3) is 0 Å². The van der Waals surface area contributed by atoms with Crippen molar-refractivity contribution in [3.63, 3.8) is 0 Å². The van der Waals surface area contributed by atoms with Crippen molar-refractivity contribution in [2.75, 3.05) is 0 Å². The quantitative estimate of drug-likeness (QED) is 0.793. The van der Waals surface area contributed by atoms with Gasteiger partial charge >= 0.3 is 0 Å². The largest absolute Gasteiger partial charge is 0.357 e. The van der Waals surface area contributed by atoms with Crippen molar-refractivity contribution in [1.82, 2.24) is 4.98 Å². The van der Waals surface area contributed by atoms with Gasteiger partial charge in [0.2, 0.25) is 0 Å². The van der Waals surface area contributed by atoms with E-state index in [1.165, 1.54) is 24.6 Å². The highest BCUT2D eigenvalue weighted by molar-refractivity contribution is 9.10. The second-order valence-electron chi connectivity index (χ2n) is 3.82. The number of hydrogen-bond acceptors (Lipinski definition) is 0. The molecule has 2 aromatic rings. The lowest BCUT2D eigenvalue weighted by Gasteiger charge is -1.92. The predicted octanol–water partition coefficient (Wildman–Crippen LogP) is 3.95. The fraction of sp³-hybridized carbons (Fsp3) is 0.273. The monoisotopic (exact) mass is 253 g/mol. The molecule has 72 valence electrons. The van der Waals surface area contributed by atoms with E-state index < -0.39 is 0 Å². The van der Waals surface area contributed by atoms with Crippen LogP contribution in [0.2, 0.25) is 0 Å². The third-order valence-corrected chi connectivity index (χ3v) is 3.56. The van der Waals surface area contributed by atoms with Crippen molar-refractivity contribution in [3.05, 3.63) is 34.2 Å². The Labute approximate surface area is 89.4 Å². The smallest absolute Gasteiger partial charge is 0.123 e. The normalized spacial score (nSPS) is 16.4. The van der Waals surface area contributed by atoms with Gasteiger partial charge in [0.05, 0.1) is 0 Å². The molecular weight excluding hydrogens is 245 g/mol. The summed E-state index contributed by atoms with van der Waals surface area (Å²) in [5, 5.41) is 0.951. The van der Waals surface area contributed by atoms with Crippen molar-refractivity contribution in [3.8, 4) is 0 Å². The van der Waals surface area contributed by atoms with Gasteiger partial charge in [0.1, 0.15) is 5.82 Å². The van der Waals surface area contributed by atoms with Crippen LogP contribution in [-0.4, -0.2) is 4.98 Å². The number of nitrogens with one attached hydrogen (secondary N) is 1. The van der Waals surface area contributed by atoms with Gasteiger partial charge in [-0.05, 0) is 47.0 Å². The van der Waals surface area contributed by atoms with Crippen LogP contribution in [0.15, 0.2) is 22.7 Å². The Bertz CT molecular complexity index is 499. The number of H-pyrrole nitrogens is 1. The van der Waals surface area contributed by atoms with E-state index in [1.54, 1.807) is 12.1 Å². The minimum atomic E-state index is -0.181. The van der Waals surface area contributed by atoms with E-state index in [2.05, 4.69) is 20.9 Å². The highest BCUT2D eigenvalue weighted by Crippen LogP contribution is 2.45. The molecule has 0 aliphatic heterocycles. The lowest BCUT2D eigenvalue weighted by Crippen LogP contribution is -1.77. The van der Waals surface area contributed by atoms with Crippen LogP contribution >= 0.6 is 15.9 Å². The Morgan fingerprint density at radius 3 is 2.86 bits per heavy atom. The molecule has 1 fully saturated rings. The number of hydrogen-bond donors (Lipinski definition) is 1. The summed E-state index contributed by atoms with van der Waals surface area (Å²) in [6.07, 6.45) is 2.49. The molecule has 0 atom stereocenters. The minimum Gasteiger partial charge on any atom is -0.357 e. The summed E-state index contributed by atoms with van der Waals surface area (Å²) in [6.45, 7) is 0. The minimum absolute atomic E-state index is 0.181. The molecule has 0 saturated heterocycles. The van der Waals surface area contributed by atoms with Crippen LogP contribution in [0.4, 0.5) is 4.39 Å². The van der Waals surface area contributed by atoms with Crippen molar-refractivity contribution in [2.24, 2.45) is 0 Å². The number of rotatable bonds is 1. The predicted molar refractivity (Wildman–Crippen MR) is 57.9 cm³/mol. The van der Waals surface area contributed by atoms with Crippen LogP contribution in [0.25, 0.3) is 10.9 Å². The van der Waals surface area contributed by atoms with E-state index in [-0.39, 0.29) is 5.82 Å². The first kappa shape index (κ1) is 8.48. The number of aromatic nitrogens is 1. The van der Waals surface area contributed by atoms with E-state index in [0.717, 1.165) is 15.4 Å². The number of aromatic amines is 1. The summed E-state index contributed by atoms with van der Waals surface area (Å²) in [5.41, 5.74) is 2.24. The SMILES string of the molecule is Fc1ccc2[nH]c(C3CC3)c(Br)c2c1. The molecular formula is C11H9BrFN. The third-order valence-electron chi connectivity index (χ3n) is 2.71. The molecule has 3 heteroatoms. The summed E-state index contributed by atoms with van der Waals surface area (Å²) in [4.78, 5) is 3.34. The Hall–Kier alpha value is -0.830. The van der Waals surface area contributed by atoms with Gasteiger partial charge in [-0.2, -0.15) is 0 Å². The van der Waals surface area contributed by atoms with E-state index in [4.69, 9.17) is 0 Å². The number of halogens is 2. The Morgan fingerprint density at radius 1 is 1.36 bits per heavy atom. The lowest BCUT2D eigenvalue weighted by molar-refractivity contribution is 0.629. The summed E-state index contributed by atoms with van der Waals surface area (Å²) in [5.74, 6) is 0.472. The average molecular weight is 254 g/mol. The number of benzene rings is 1. The molecule has 1 saturated carbocycles. The molecule has 1 heterocycles. The van der Waals surface area contributed by atoms with Gasteiger partial charge in [-0.1, -0.05) is 0 Å². The first-order valence-electron chi connectivity index (χ1n) is 4.72. The molecule has 1 aromatic carbocycles. The van der Waals surface area contributed by atoms with Gasteiger partial charge in [0, 0.05) is 27.0 Å². The first-order valence-corrected chi connectivity index (χ1v) is 5.51. The molecule has 1 aliphatic carbocycles. The molecule has 0 radical (unpaired) electrons. The van der Waals surface area contributed by atoms with Gasteiger partial charge in [-0.25, -0.2) is 4.39 Å². The molecule has 0 bridgehead atoms. The highest BCUT2D eigenvalue weighted by Gasteiger charge is 2.28. The van der Waals surface area contributed by atoms with E-state index in [0.29, 0.717) is 5.92 Å². The zero-order chi connectivity index (χ0) is 9.71. The maximum atomic E-state index is 13.0. The Balaban J connectivity index is 2.29. The highest BCUT2D eigenvalue weighted by atomic mass is 79.9. The second kappa shape index (κ2) is 2.83. The maximum absolute atomic E-state index is 13.0. The fourth-order valence-electron chi connectivity index (χ4n) is 1.81. The standard InChI is InChI=1S/C11H9BrFN/c12-10-8-5-7(13)3-4-9(8)14-11(10)6-1-2-6/h3-6,14H,1-2H2. The topological polar surface area (TPSA) is 15.8 Å². The molecule has 1 nitrogen and oxygen atoms in total. The van der Waals surface area contributed by atoms with Gasteiger partial charge in [-0.15, -0.1) is 0 Å². The van der Waals surface area contributed by atoms with Crippen LogP contribution in [0.3, 0.4) is 0 Å².